The van der Waals surface area contributed by atoms with E-state index in [4.69, 9.17) is 0 Å². The summed E-state index contributed by atoms with van der Waals surface area (Å²) in [7, 11) is -1.57. The van der Waals surface area contributed by atoms with Gasteiger partial charge in [-0.2, -0.15) is 9.57 Å². The lowest BCUT2D eigenvalue weighted by Crippen LogP contribution is -2.47. The Bertz CT molecular complexity index is 856. The summed E-state index contributed by atoms with van der Waals surface area (Å²) >= 11 is 1.22. The predicted molar refractivity (Wildman–Crippen MR) is 106 cm³/mol. The maximum atomic E-state index is 12.7. The Morgan fingerprint density at radius 3 is 2.57 bits per heavy atom. The number of carbonyl (C=O) groups is 1. The van der Waals surface area contributed by atoms with Gasteiger partial charge in [-0.1, -0.05) is 11.8 Å². The van der Waals surface area contributed by atoms with Crippen molar-refractivity contribution in [2.24, 2.45) is 5.92 Å². The number of amides is 1. The van der Waals surface area contributed by atoms with Gasteiger partial charge in [0.15, 0.2) is 0 Å². The number of carbonyl (C=O) groups excluding carboxylic acids is 1. The molecule has 1 amide bonds. The summed E-state index contributed by atoms with van der Waals surface area (Å²) in [4.78, 5) is 18.6. The number of rotatable bonds is 7. The van der Waals surface area contributed by atoms with E-state index in [0.29, 0.717) is 31.2 Å². The molecule has 28 heavy (non-hydrogen) atoms. The van der Waals surface area contributed by atoms with Crippen molar-refractivity contribution in [1.82, 2.24) is 19.5 Å². The van der Waals surface area contributed by atoms with Crippen LogP contribution in [-0.2, 0) is 14.8 Å². The van der Waals surface area contributed by atoms with Gasteiger partial charge < -0.3 is 10.2 Å². The second-order valence-electron chi connectivity index (χ2n) is 7.46. The number of aromatic nitrogens is 1. The first-order valence-electron chi connectivity index (χ1n) is 9.24. The summed E-state index contributed by atoms with van der Waals surface area (Å²) < 4.78 is 26.9. The van der Waals surface area contributed by atoms with E-state index in [0.717, 1.165) is 12.8 Å². The summed E-state index contributed by atoms with van der Waals surface area (Å²) in [5.41, 5.74) is -0.814. The standard InChI is InChI=1S/C18H25N5O3S2/c1-18(13-19,14-3-4-14)21-16(24)12-27-17-6-5-15(11-20-17)28(25,26)23-9-7-22(2)8-10-23/h5-6,11,14H,3-4,7-10,12H2,1-2H3,(H,21,24)/t18-/m0/s1. The van der Waals surface area contributed by atoms with Gasteiger partial charge in [0.25, 0.3) is 0 Å². The lowest BCUT2D eigenvalue weighted by atomic mass is 9.98. The molecule has 2 fully saturated rings. The summed E-state index contributed by atoms with van der Waals surface area (Å²) in [6, 6.07) is 5.34. The van der Waals surface area contributed by atoms with Crippen molar-refractivity contribution in [3.8, 4) is 6.07 Å². The molecule has 8 nitrogen and oxygen atoms in total. The maximum Gasteiger partial charge on any atom is 0.244 e. The van der Waals surface area contributed by atoms with Gasteiger partial charge in [-0.05, 0) is 44.9 Å². The largest absolute Gasteiger partial charge is 0.337 e. The first kappa shape index (κ1) is 21.0. The predicted octanol–water partition coefficient (Wildman–Crippen LogP) is 0.918. The molecule has 1 saturated carbocycles. The fraction of sp³-hybridized carbons (Fsp3) is 0.611. The number of piperazine rings is 1. The van der Waals surface area contributed by atoms with E-state index in [9.17, 15) is 18.5 Å². The van der Waals surface area contributed by atoms with Crippen molar-refractivity contribution in [3.05, 3.63) is 18.3 Å². The zero-order chi connectivity index (χ0) is 20.4. The zero-order valence-electron chi connectivity index (χ0n) is 16.1. The number of nitriles is 1. The lowest BCUT2D eigenvalue weighted by molar-refractivity contribution is -0.119. The highest BCUT2D eigenvalue weighted by atomic mass is 32.2. The fourth-order valence-corrected chi connectivity index (χ4v) is 5.14. The first-order chi connectivity index (χ1) is 13.2. The van der Waals surface area contributed by atoms with Gasteiger partial charge in [-0.15, -0.1) is 0 Å². The third kappa shape index (κ3) is 4.84. The molecule has 152 valence electrons. The highest BCUT2D eigenvalue weighted by molar-refractivity contribution is 7.99. The molecule has 0 unspecified atom stereocenters. The third-order valence-corrected chi connectivity index (χ3v) is 8.01. The quantitative estimate of drug-likeness (QED) is 0.650. The Morgan fingerprint density at radius 1 is 1.36 bits per heavy atom. The molecule has 2 heterocycles. The van der Waals surface area contributed by atoms with Crippen LogP contribution in [0.15, 0.2) is 28.3 Å². The van der Waals surface area contributed by atoms with E-state index in [-0.39, 0.29) is 22.5 Å². The topological polar surface area (TPSA) is 106 Å². The molecule has 0 radical (unpaired) electrons. The smallest absolute Gasteiger partial charge is 0.244 e. The van der Waals surface area contributed by atoms with Gasteiger partial charge in [-0.3, -0.25) is 4.79 Å². The fourth-order valence-electron chi connectivity index (χ4n) is 3.13. The number of hydrogen-bond donors (Lipinski definition) is 1. The normalized spacial score (nSPS) is 20.9. The van der Waals surface area contributed by atoms with Crippen molar-refractivity contribution in [1.29, 1.82) is 5.26 Å². The van der Waals surface area contributed by atoms with Crippen LogP contribution >= 0.6 is 11.8 Å². The molecule has 1 aliphatic heterocycles. The SMILES string of the molecule is CN1CCN(S(=O)(=O)c2ccc(SCC(=O)N[C@@](C)(C#N)C3CC3)nc2)CC1. The average molecular weight is 424 g/mol. The molecule has 0 bridgehead atoms. The lowest BCUT2D eigenvalue weighted by Gasteiger charge is -2.31. The van der Waals surface area contributed by atoms with Crippen LogP contribution in [0.3, 0.4) is 0 Å². The molecule has 2 aliphatic rings. The van der Waals surface area contributed by atoms with Crippen LogP contribution in [0.5, 0.6) is 0 Å². The number of nitrogens with zero attached hydrogens (tertiary/aromatic N) is 4. The Kier molecular flexibility index (Phi) is 6.29. The van der Waals surface area contributed by atoms with Gasteiger partial charge in [0.2, 0.25) is 15.9 Å². The molecule has 1 N–H and O–H groups in total. The molecule has 1 atom stereocenters. The summed E-state index contributed by atoms with van der Waals surface area (Å²) in [6.07, 6.45) is 3.27. The monoisotopic (exact) mass is 423 g/mol. The van der Waals surface area contributed by atoms with Crippen molar-refractivity contribution in [2.75, 3.05) is 39.0 Å². The number of pyridine rings is 1. The Labute approximate surface area is 170 Å². The van der Waals surface area contributed by atoms with Crippen LogP contribution < -0.4 is 5.32 Å². The average Bonchev–Trinajstić information content (AvgIpc) is 3.53. The number of hydrogen-bond acceptors (Lipinski definition) is 7. The van der Waals surface area contributed by atoms with Crippen LogP contribution in [0.4, 0.5) is 0 Å². The minimum Gasteiger partial charge on any atom is -0.337 e. The molecular formula is C18H25N5O3S2. The highest BCUT2D eigenvalue weighted by Gasteiger charge is 2.42. The second kappa shape index (κ2) is 8.37. The van der Waals surface area contributed by atoms with Crippen LogP contribution in [0.2, 0.25) is 0 Å². The Morgan fingerprint density at radius 2 is 2.04 bits per heavy atom. The zero-order valence-corrected chi connectivity index (χ0v) is 17.7. The van der Waals surface area contributed by atoms with Gasteiger partial charge >= 0.3 is 0 Å². The van der Waals surface area contributed by atoms with Crippen molar-refractivity contribution in [3.63, 3.8) is 0 Å². The van der Waals surface area contributed by atoms with Crippen LogP contribution in [0.25, 0.3) is 0 Å². The molecule has 10 heteroatoms. The molecular weight excluding hydrogens is 398 g/mol. The maximum absolute atomic E-state index is 12.7. The number of thioether (sulfide) groups is 1. The van der Waals surface area contributed by atoms with E-state index in [2.05, 4.69) is 21.3 Å². The summed E-state index contributed by atoms with van der Waals surface area (Å²) in [6.45, 7) is 4.10. The van der Waals surface area contributed by atoms with Crippen molar-refractivity contribution >= 4 is 27.7 Å². The van der Waals surface area contributed by atoms with E-state index in [1.165, 1.54) is 28.3 Å². The molecule has 1 aromatic heterocycles. The highest BCUT2D eigenvalue weighted by Crippen LogP contribution is 2.39. The molecule has 0 spiro atoms. The van der Waals surface area contributed by atoms with E-state index in [1.807, 2.05) is 7.05 Å². The summed E-state index contributed by atoms with van der Waals surface area (Å²) in [5, 5.41) is 12.7. The molecule has 1 saturated heterocycles. The molecule has 1 aliphatic carbocycles. The summed E-state index contributed by atoms with van der Waals surface area (Å²) in [5.74, 6) is 0.127. The molecule has 0 aromatic carbocycles. The van der Waals surface area contributed by atoms with Gasteiger partial charge in [-0.25, -0.2) is 13.4 Å². The van der Waals surface area contributed by atoms with E-state index < -0.39 is 15.6 Å². The van der Waals surface area contributed by atoms with Crippen LogP contribution in [0.1, 0.15) is 19.8 Å². The third-order valence-electron chi connectivity index (χ3n) is 5.19. The minimum atomic E-state index is -3.54. The van der Waals surface area contributed by atoms with Crippen molar-refractivity contribution < 1.29 is 13.2 Å². The molecule has 1 aromatic rings. The Hall–Kier alpha value is -1.67. The van der Waals surface area contributed by atoms with E-state index in [1.54, 1.807) is 13.0 Å². The van der Waals surface area contributed by atoms with Crippen LogP contribution in [-0.4, -0.2) is 73.0 Å². The minimum absolute atomic E-state index is 0.127. The van der Waals surface area contributed by atoms with Crippen molar-refractivity contribution in [2.45, 2.75) is 35.2 Å². The van der Waals surface area contributed by atoms with Crippen LogP contribution in [0, 0.1) is 17.2 Å². The van der Waals surface area contributed by atoms with E-state index >= 15 is 0 Å². The second-order valence-corrected chi connectivity index (χ2v) is 10.4. The first-order valence-corrected chi connectivity index (χ1v) is 11.7. The Balaban J connectivity index is 1.56. The van der Waals surface area contributed by atoms with Gasteiger partial charge in [0.05, 0.1) is 16.8 Å². The molecule has 3 rings (SSSR count). The number of nitrogens with one attached hydrogen (secondary N) is 1. The van der Waals surface area contributed by atoms with Gasteiger partial charge in [0, 0.05) is 32.4 Å². The van der Waals surface area contributed by atoms with Gasteiger partial charge in [0.1, 0.15) is 10.4 Å². The number of sulfonamides is 1. The number of likely N-dealkylation sites (N-methyl/N-ethyl adjacent to an activating group) is 1.